The molecule has 1 aliphatic heterocycles. The summed E-state index contributed by atoms with van der Waals surface area (Å²) in [6.45, 7) is 3.51. The van der Waals surface area contributed by atoms with E-state index in [9.17, 15) is 4.79 Å². The Balaban J connectivity index is 2.52. The van der Waals surface area contributed by atoms with Crippen molar-refractivity contribution in [2.24, 2.45) is 5.41 Å². The van der Waals surface area contributed by atoms with E-state index in [1.165, 1.54) is 0 Å². The number of aldehydes is 1. The lowest BCUT2D eigenvalue weighted by molar-refractivity contribution is -0.123. The topological polar surface area (TPSA) is 26.3 Å². The van der Waals surface area contributed by atoms with Crippen molar-refractivity contribution in [1.29, 1.82) is 0 Å². The highest BCUT2D eigenvalue weighted by molar-refractivity contribution is 5.59. The van der Waals surface area contributed by atoms with Crippen molar-refractivity contribution < 1.29 is 9.53 Å². The van der Waals surface area contributed by atoms with E-state index in [1.54, 1.807) is 0 Å². The van der Waals surface area contributed by atoms with Gasteiger partial charge in [0, 0.05) is 12.0 Å². The minimum Gasteiger partial charge on any atom is -0.380 e. The van der Waals surface area contributed by atoms with Crippen molar-refractivity contribution in [3.8, 4) is 0 Å². The van der Waals surface area contributed by atoms with Crippen LogP contribution < -0.4 is 0 Å². The van der Waals surface area contributed by atoms with Crippen LogP contribution in [0.5, 0.6) is 0 Å². The SMILES string of the molecule is CCC1(C=O)CCCOC1. The van der Waals surface area contributed by atoms with Crippen LogP contribution in [0.2, 0.25) is 0 Å². The van der Waals surface area contributed by atoms with Gasteiger partial charge in [-0.2, -0.15) is 0 Å². The first-order valence-corrected chi connectivity index (χ1v) is 3.87. The van der Waals surface area contributed by atoms with Gasteiger partial charge in [-0.25, -0.2) is 0 Å². The van der Waals surface area contributed by atoms with E-state index < -0.39 is 0 Å². The molecular weight excluding hydrogens is 128 g/mol. The first-order valence-electron chi connectivity index (χ1n) is 3.87. The van der Waals surface area contributed by atoms with Crippen molar-refractivity contribution in [3.63, 3.8) is 0 Å². The molecule has 0 radical (unpaired) electrons. The van der Waals surface area contributed by atoms with Crippen LogP contribution in [-0.2, 0) is 9.53 Å². The van der Waals surface area contributed by atoms with E-state index in [4.69, 9.17) is 4.74 Å². The minimum absolute atomic E-state index is 0.141. The Hall–Kier alpha value is -0.370. The largest absolute Gasteiger partial charge is 0.380 e. The maximum atomic E-state index is 10.6. The Morgan fingerprint density at radius 3 is 2.80 bits per heavy atom. The molecule has 0 amide bonds. The van der Waals surface area contributed by atoms with E-state index in [0.717, 1.165) is 32.2 Å². The van der Waals surface area contributed by atoms with Crippen molar-refractivity contribution in [2.75, 3.05) is 13.2 Å². The van der Waals surface area contributed by atoms with Gasteiger partial charge in [-0.05, 0) is 19.3 Å². The normalized spacial score (nSPS) is 33.7. The van der Waals surface area contributed by atoms with Crippen molar-refractivity contribution in [3.05, 3.63) is 0 Å². The maximum Gasteiger partial charge on any atom is 0.128 e. The summed E-state index contributed by atoms with van der Waals surface area (Å²) in [5, 5.41) is 0. The summed E-state index contributed by atoms with van der Waals surface area (Å²) in [4.78, 5) is 10.6. The third kappa shape index (κ3) is 1.37. The second-order valence-corrected chi connectivity index (χ2v) is 2.99. The predicted octanol–water partition coefficient (Wildman–Crippen LogP) is 1.39. The zero-order valence-electron chi connectivity index (χ0n) is 6.43. The van der Waals surface area contributed by atoms with Gasteiger partial charge < -0.3 is 9.53 Å². The fourth-order valence-corrected chi connectivity index (χ4v) is 1.33. The lowest BCUT2D eigenvalue weighted by Crippen LogP contribution is -2.32. The Kier molecular flexibility index (Phi) is 2.44. The summed E-state index contributed by atoms with van der Waals surface area (Å²) < 4.78 is 5.24. The Morgan fingerprint density at radius 2 is 2.50 bits per heavy atom. The predicted molar refractivity (Wildman–Crippen MR) is 38.8 cm³/mol. The smallest absolute Gasteiger partial charge is 0.128 e. The molecule has 0 aromatic heterocycles. The van der Waals surface area contributed by atoms with E-state index in [0.29, 0.717) is 6.61 Å². The van der Waals surface area contributed by atoms with Crippen LogP contribution in [-0.4, -0.2) is 19.5 Å². The van der Waals surface area contributed by atoms with Crippen LogP contribution in [0.4, 0.5) is 0 Å². The molecule has 0 aliphatic carbocycles. The average Bonchev–Trinajstić information content (AvgIpc) is 2.06. The molecule has 1 rings (SSSR count). The van der Waals surface area contributed by atoms with Gasteiger partial charge in [-0.1, -0.05) is 6.92 Å². The monoisotopic (exact) mass is 142 g/mol. The van der Waals surface area contributed by atoms with Crippen LogP contribution in [0, 0.1) is 5.41 Å². The number of rotatable bonds is 2. The Labute approximate surface area is 61.6 Å². The molecule has 1 aliphatic rings. The molecule has 0 spiro atoms. The average molecular weight is 142 g/mol. The highest BCUT2D eigenvalue weighted by Crippen LogP contribution is 2.29. The third-order valence-electron chi connectivity index (χ3n) is 2.31. The molecule has 0 saturated carbocycles. The Morgan fingerprint density at radius 1 is 1.70 bits per heavy atom. The molecular formula is C8H14O2. The van der Waals surface area contributed by atoms with E-state index in [-0.39, 0.29) is 5.41 Å². The molecule has 1 unspecified atom stereocenters. The van der Waals surface area contributed by atoms with Gasteiger partial charge in [-0.3, -0.25) is 0 Å². The molecule has 0 N–H and O–H groups in total. The summed E-state index contributed by atoms with van der Waals surface area (Å²) in [7, 11) is 0. The molecule has 2 nitrogen and oxygen atoms in total. The van der Waals surface area contributed by atoms with E-state index in [2.05, 4.69) is 0 Å². The number of carbonyl (C=O) groups is 1. The van der Waals surface area contributed by atoms with E-state index in [1.807, 2.05) is 6.92 Å². The van der Waals surface area contributed by atoms with Crippen LogP contribution in [0.15, 0.2) is 0 Å². The van der Waals surface area contributed by atoms with Gasteiger partial charge in [0.2, 0.25) is 0 Å². The van der Waals surface area contributed by atoms with Crippen molar-refractivity contribution >= 4 is 6.29 Å². The van der Waals surface area contributed by atoms with Crippen LogP contribution in [0.25, 0.3) is 0 Å². The fraction of sp³-hybridized carbons (Fsp3) is 0.875. The van der Waals surface area contributed by atoms with Crippen LogP contribution in [0.1, 0.15) is 26.2 Å². The quantitative estimate of drug-likeness (QED) is 0.545. The van der Waals surface area contributed by atoms with Crippen LogP contribution >= 0.6 is 0 Å². The molecule has 0 bridgehead atoms. The van der Waals surface area contributed by atoms with Gasteiger partial charge in [-0.15, -0.1) is 0 Å². The standard InChI is InChI=1S/C8H14O2/c1-2-8(6-9)4-3-5-10-7-8/h6H,2-5,7H2,1H3. The lowest BCUT2D eigenvalue weighted by atomic mass is 9.82. The molecule has 58 valence electrons. The summed E-state index contributed by atoms with van der Waals surface area (Å²) in [6.07, 6.45) is 4.02. The van der Waals surface area contributed by atoms with Gasteiger partial charge in [0.25, 0.3) is 0 Å². The van der Waals surface area contributed by atoms with Crippen LogP contribution in [0.3, 0.4) is 0 Å². The zero-order chi connectivity index (χ0) is 7.45. The number of carbonyl (C=O) groups excluding carboxylic acids is 1. The lowest BCUT2D eigenvalue weighted by Gasteiger charge is -2.30. The molecule has 0 aromatic rings. The van der Waals surface area contributed by atoms with Gasteiger partial charge in [0.15, 0.2) is 0 Å². The van der Waals surface area contributed by atoms with Crippen molar-refractivity contribution in [2.45, 2.75) is 26.2 Å². The highest BCUT2D eigenvalue weighted by Gasteiger charge is 2.30. The summed E-state index contributed by atoms with van der Waals surface area (Å²) in [5.41, 5.74) is -0.141. The molecule has 1 saturated heterocycles. The molecule has 1 atom stereocenters. The van der Waals surface area contributed by atoms with Crippen molar-refractivity contribution in [1.82, 2.24) is 0 Å². The highest BCUT2D eigenvalue weighted by atomic mass is 16.5. The molecule has 2 heteroatoms. The number of hydrogen-bond donors (Lipinski definition) is 0. The van der Waals surface area contributed by atoms with Gasteiger partial charge in [0.05, 0.1) is 6.61 Å². The fourth-order valence-electron chi connectivity index (χ4n) is 1.33. The summed E-state index contributed by atoms with van der Waals surface area (Å²) in [6, 6.07) is 0. The van der Waals surface area contributed by atoms with Gasteiger partial charge in [0.1, 0.15) is 6.29 Å². The molecule has 0 aromatic carbocycles. The first-order chi connectivity index (χ1) is 4.83. The summed E-state index contributed by atoms with van der Waals surface area (Å²) >= 11 is 0. The molecule has 10 heavy (non-hydrogen) atoms. The number of hydrogen-bond acceptors (Lipinski definition) is 2. The summed E-state index contributed by atoms with van der Waals surface area (Å²) in [5.74, 6) is 0. The Bertz CT molecular complexity index is 114. The first kappa shape index (κ1) is 7.73. The molecule has 1 heterocycles. The second kappa shape index (κ2) is 3.15. The van der Waals surface area contributed by atoms with E-state index >= 15 is 0 Å². The minimum atomic E-state index is -0.141. The zero-order valence-corrected chi connectivity index (χ0v) is 6.43. The number of ether oxygens (including phenoxy) is 1. The molecule has 1 fully saturated rings. The maximum absolute atomic E-state index is 10.6. The van der Waals surface area contributed by atoms with Gasteiger partial charge >= 0.3 is 0 Å². The third-order valence-corrected chi connectivity index (χ3v) is 2.31. The second-order valence-electron chi connectivity index (χ2n) is 2.99.